The van der Waals surface area contributed by atoms with Crippen molar-refractivity contribution in [3.05, 3.63) is 60.7 Å². The minimum atomic E-state index is -1.79. The van der Waals surface area contributed by atoms with Crippen LogP contribution in [-0.2, 0) is 4.79 Å². The van der Waals surface area contributed by atoms with E-state index in [9.17, 15) is 4.79 Å². The van der Waals surface area contributed by atoms with Crippen LogP contribution >= 0.6 is 8.58 Å². The van der Waals surface area contributed by atoms with Gasteiger partial charge < -0.3 is 30.3 Å². The van der Waals surface area contributed by atoms with Crippen LogP contribution in [0.4, 0.5) is 0 Å². The standard InChI is InChI=1S/C12H11P.C6H12O6/c1-3-7-11(8-4-1)13-12-9-5-2-6-10-12;7-1-3(9)5(11)6(12)4(10)2-8/h1-10,13H;1,3-6,8-12H,2H2. The van der Waals surface area contributed by atoms with Gasteiger partial charge in [-0.05, 0) is 10.6 Å². The van der Waals surface area contributed by atoms with Gasteiger partial charge >= 0.3 is 0 Å². The molecule has 0 saturated carbocycles. The van der Waals surface area contributed by atoms with Crippen LogP contribution in [0.3, 0.4) is 0 Å². The molecule has 2 aromatic carbocycles. The monoisotopic (exact) mass is 366 g/mol. The zero-order chi connectivity index (χ0) is 18.7. The molecule has 136 valence electrons. The van der Waals surface area contributed by atoms with Gasteiger partial charge in [-0.1, -0.05) is 69.2 Å². The summed E-state index contributed by atoms with van der Waals surface area (Å²) in [5.41, 5.74) is 0. The molecule has 2 aromatic rings. The van der Waals surface area contributed by atoms with E-state index in [-0.39, 0.29) is 6.29 Å². The number of benzene rings is 2. The van der Waals surface area contributed by atoms with E-state index in [1.165, 1.54) is 10.6 Å². The molecule has 0 bridgehead atoms. The number of aliphatic hydroxyl groups is 5. The van der Waals surface area contributed by atoms with Gasteiger partial charge in [0, 0.05) is 0 Å². The molecule has 2 rings (SSSR count). The summed E-state index contributed by atoms with van der Waals surface area (Å²) in [7, 11) is 0.777. The number of aliphatic hydroxyl groups excluding tert-OH is 5. The van der Waals surface area contributed by atoms with Gasteiger partial charge in [-0.3, -0.25) is 0 Å². The first-order valence-electron chi connectivity index (χ1n) is 7.65. The Morgan fingerprint density at radius 1 is 0.800 bits per heavy atom. The Labute approximate surface area is 148 Å². The molecule has 0 amide bonds. The van der Waals surface area contributed by atoms with Crippen LogP contribution in [-0.4, -0.2) is 62.8 Å². The molecular formula is C18H23O6P. The smallest absolute Gasteiger partial charge is 0.151 e. The van der Waals surface area contributed by atoms with E-state index in [0.29, 0.717) is 0 Å². The average molecular weight is 366 g/mol. The largest absolute Gasteiger partial charge is 0.394 e. The average Bonchev–Trinajstić information content (AvgIpc) is 2.67. The second-order valence-electron chi connectivity index (χ2n) is 5.21. The Kier molecular flexibility index (Phi) is 10.1. The summed E-state index contributed by atoms with van der Waals surface area (Å²) in [5, 5.41) is 46.3. The van der Waals surface area contributed by atoms with Gasteiger partial charge in [0.2, 0.25) is 0 Å². The first-order valence-corrected chi connectivity index (χ1v) is 8.65. The lowest BCUT2D eigenvalue weighted by Gasteiger charge is -2.22. The number of aldehydes is 1. The Morgan fingerprint density at radius 2 is 1.24 bits per heavy atom. The third-order valence-corrected chi connectivity index (χ3v) is 4.50. The maximum absolute atomic E-state index is 9.90. The van der Waals surface area contributed by atoms with E-state index in [0.717, 1.165) is 8.58 Å². The summed E-state index contributed by atoms with van der Waals surface area (Å²) < 4.78 is 0. The molecule has 0 heterocycles. The van der Waals surface area contributed by atoms with Crippen LogP contribution < -0.4 is 10.6 Å². The third kappa shape index (κ3) is 7.84. The van der Waals surface area contributed by atoms with Crippen molar-refractivity contribution in [2.75, 3.05) is 6.61 Å². The van der Waals surface area contributed by atoms with Crippen LogP contribution in [0, 0.1) is 0 Å². The fraction of sp³-hybridized carbons (Fsp3) is 0.278. The van der Waals surface area contributed by atoms with Crippen LogP contribution in [0.5, 0.6) is 0 Å². The van der Waals surface area contributed by atoms with Gasteiger partial charge in [0.1, 0.15) is 24.4 Å². The molecule has 0 aliphatic rings. The fourth-order valence-electron chi connectivity index (χ4n) is 1.83. The quantitative estimate of drug-likeness (QED) is 0.315. The molecule has 0 spiro atoms. The van der Waals surface area contributed by atoms with Gasteiger partial charge in [-0.25, -0.2) is 0 Å². The molecular weight excluding hydrogens is 343 g/mol. The second-order valence-corrected chi connectivity index (χ2v) is 6.62. The van der Waals surface area contributed by atoms with Crippen LogP contribution in [0.1, 0.15) is 0 Å². The molecule has 6 nitrogen and oxygen atoms in total. The SMILES string of the molecule is O=CC(O)C(O)C(O)C(O)CO.c1ccc(Pc2ccccc2)cc1. The molecule has 0 fully saturated rings. The molecule has 4 atom stereocenters. The van der Waals surface area contributed by atoms with Crippen molar-refractivity contribution < 1.29 is 30.3 Å². The fourth-order valence-corrected chi connectivity index (χ4v) is 2.88. The molecule has 0 aliphatic carbocycles. The highest BCUT2D eigenvalue weighted by Gasteiger charge is 2.29. The lowest BCUT2D eigenvalue weighted by molar-refractivity contribution is -0.136. The van der Waals surface area contributed by atoms with Gasteiger partial charge in [0.05, 0.1) is 6.61 Å². The number of hydrogen-bond acceptors (Lipinski definition) is 6. The predicted octanol–water partition coefficient (Wildman–Crippen LogP) is -1.06. The third-order valence-electron chi connectivity index (χ3n) is 3.26. The van der Waals surface area contributed by atoms with Gasteiger partial charge in [0.15, 0.2) is 6.29 Å². The molecule has 0 aromatic heterocycles. The number of carbonyl (C=O) groups is 1. The van der Waals surface area contributed by atoms with Crippen molar-refractivity contribution in [2.24, 2.45) is 0 Å². The summed E-state index contributed by atoms with van der Waals surface area (Å²) in [6.07, 6.45) is -6.84. The van der Waals surface area contributed by atoms with Crippen molar-refractivity contribution in [1.29, 1.82) is 0 Å². The molecule has 7 heteroatoms. The lowest BCUT2D eigenvalue weighted by Crippen LogP contribution is -2.46. The molecule has 5 N–H and O–H groups in total. The van der Waals surface area contributed by atoms with Crippen molar-refractivity contribution >= 4 is 25.5 Å². The topological polar surface area (TPSA) is 118 Å². The van der Waals surface area contributed by atoms with Gasteiger partial charge in [-0.2, -0.15) is 0 Å². The first kappa shape index (κ1) is 21.4. The van der Waals surface area contributed by atoms with Gasteiger partial charge in [0.25, 0.3) is 0 Å². The van der Waals surface area contributed by atoms with Crippen molar-refractivity contribution in [3.63, 3.8) is 0 Å². The number of hydrogen-bond donors (Lipinski definition) is 5. The second kappa shape index (κ2) is 11.8. The Bertz CT molecular complexity index is 558. The zero-order valence-electron chi connectivity index (χ0n) is 13.5. The lowest BCUT2D eigenvalue weighted by atomic mass is 10.0. The summed E-state index contributed by atoms with van der Waals surface area (Å²) in [6.45, 7) is -0.760. The molecule has 0 saturated heterocycles. The molecule has 0 aliphatic heterocycles. The summed E-state index contributed by atoms with van der Waals surface area (Å²) >= 11 is 0. The van der Waals surface area contributed by atoms with Crippen molar-refractivity contribution in [2.45, 2.75) is 24.4 Å². The normalized spacial score (nSPS) is 15.2. The molecule has 0 radical (unpaired) electrons. The van der Waals surface area contributed by atoms with E-state index in [1.807, 2.05) is 0 Å². The number of carbonyl (C=O) groups excluding carboxylic acids is 1. The summed E-state index contributed by atoms with van der Waals surface area (Å²) in [6, 6.07) is 21.2. The Balaban J connectivity index is 0.000000252. The zero-order valence-corrected chi connectivity index (χ0v) is 14.5. The summed E-state index contributed by atoms with van der Waals surface area (Å²) in [5.74, 6) is 0. The summed E-state index contributed by atoms with van der Waals surface area (Å²) in [4.78, 5) is 9.90. The van der Waals surface area contributed by atoms with Crippen molar-refractivity contribution in [3.8, 4) is 0 Å². The minimum Gasteiger partial charge on any atom is -0.394 e. The predicted molar refractivity (Wildman–Crippen MR) is 97.6 cm³/mol. The Hall–Kier alpha value is -1.66. The highest BCUT2D eigenvalue weighted by Crippen LogP contribution is 2.08. The van der Waals surface area contributed by atoms with Crippen molar-refractivity contribution in [1.82, 2.24) is 0 Å². The highest BCUT2D eigenvalue weighted by molar-refractivity contribution is 7.55. The number of rotatable bonds is 7. The van der Waals surface area contributed by atoms with Gasteiger partial charge in [-0.15, -0.1) is 0 Å². The highest BCUT2D eigenvalue weighted by atomic mass is 31.1. The maximum atomic E-state index is 9.90. The van der Waals surface area contributed by atoms with E-state index in [4.69, 9.17) is 25.5 Å². The minimum absolute atomic E-state index is 0.0258. The molecule has 4 unspecified atom stereocenters. The Morgan fingerprint density at radius 3 is 1.60 bits per heavy atom. The van der Waals surface area contributed by atoms with Crippen LogP contribution in [0.15, 0.2) is 60.7 Å². The van der Waals surface area contributed by atoms with E-state index in [1.54, 1.807) is 0 Å². The maximum Gasteiger partial charge on any atom is 0.151 e. The van der Waals surface area contributed by atoms with E-state index >= 15 is 0 Å². The van der Waals surface area contributed by atoms with Crippen LogP contribution in [0.25, 0.3) is 0 Å². The van der Waals surface area contributed by atoms with Crippen LogP contribution in [0.2, 0.25) is 0 Å². The first-order chi connectivity index (χ1) is 12.0. The molecule has 25 heavy (non-hydrogen) atoms. The van der Waals surface area contributed by atoms with E-state index < -0.39 is 31.0 Å². The van der Waals surface area contributed by atoms with E-state index in [2.05, 4.69) is 60.7 Å².